The fraction of sp³-hybridized carbons (Fsp3) is 0.462. The Balaban J connectivity index is 2.30. The number of hydrogen-bond acceptors (Lipinski definition) is 4. The van der Waals surface area contributed by atoms with Gasteiger partial charge in [-0.05, 0) is 25.1 Å². The Hall–Kier alpha value is -1.64. The molecule has 0 radical (unpaired) electrons. The van der Waals surface area contributed by atoms with Crippen molar-refractivity contribution < 1.29 is 14.2 Å². The Morgan fingerprint density at radius 1 is 1.61 bits per heavy atom. The van der Waals surface area contributed by atoms with Crippen LogP contribution < -0.4 is 4.90 Å². The third-order valence-corrected chi connectivity index (χ3v) is 2.99. The Labute approximate surface area is 105 Å². The van der Waals surface area contributed by atoms with E-state index in [9.17, 15) is 9.50 Å². The first kappa shape index (κ1) is 12.8. The summed E-state index contributed by atoms with van der Waals surface area (Å²) in [5.41, 5.74) is 1.29. The Kier molecular flexibility index (Phi) is 3.80. The molecule has 0 spiro atoms. The highest BCUT2D eigenvalue weighted by molar-refractivity contribution is 5.55. The monoisotopic (exact) mass is 250 g/mol. The number of benzene rings is 1. The highest BCUT2D eigenvalue weighted by atomic mass is 19.1. The van der Waals surface area contributed by atoms with Crippen molar-refractivity contribution in [1.82, 2.24) is 0 Å². The van der Waals surface area contributed by atoms with Crippen LogP contribution >= 0.6 is 0 Å². The first-order chi connectivity index (χ1) is 8.61. The van der Waals surface area contributed by atoms with Gasteiger partial charge in [-0.25, -0.2) is 4.39 Å². The van der Waals surface area contributed by atoms with Gasteiger partial charge in [-0.15, -0.1) is 0 Å². The van der Waals surface area contributed by atoms with Gasteiger partial charge in [0.15, 0.2) is 6.10 Å². The van der Waals surface area contributed by atoms with Crippen molar-refractivity contribution in [2.24, 2.45) is 0 Å². The van der Waals surface area contributed by atoms with Crippen LogP contribution in [-0.2, 0) is 4.74 Å². The number of morpholine rings is 1. The number of halogens is 1. The molecule has 1 aromatic carbocycles. The fourth-order valence-corrected chi connectivity index (χ4v) is 2.09. The van der Waals surface area contributed by atoms with Gasteiger partial charge in [0.1, 0.15) is 5.82 Å². The van der Waals surface area contributed by atoms with Crippen LogP contribution in [0.4, 0.5) is 10.1 Å². The van der Waals surface area contributed by atoms with Crippen LogP contribution in [-0.4, -0.2) is 30.9 Å². The van der Waals surface area contributed by atoms with E-state index in [0.29, 0.717) is 25.3 Å². The number of aliphatic hydroxyl groups is 1. The molecule has 0 bridgehead atoms. The first-order valence-corrected chi connectivity index (χ1v) is 5.85. The number of nitrogens with zero attached hydrogens (tertiary/aromatic N) is 2. The molecule has 1 heterocycles. The molecule has 1 fully saturated rings. The minimum Gasteiger partial charge on any atom is -0.389 e. The number of hydrogen-bond donors (Lipinski definition) is 1. The summed E-state index contributed by atoms with van der Waals surface area (Å²) < 4.78 is 18.5. The highest BCUT2D eigenvalue weighted by Crippen LogP contribution is 2.28. The predicted molar refractivity (Wildman–Crippen MR) is 64.6 cm³/mol. The van der Waals surface area contributed by atoms with Crippen molar-refractivity contribution in [3.63, 3.8) is 0 Å². The summed E-state index contributed by atoms with van der Waals surface area (Å²) in [5, 5.41) is 18.6. The standard InChI is InChI=1S/C13H15FN2O2/c1-9(17)12-6-10(14)2-3-13(12)16-4-5-18-11(7-15)8-16/h2-3,6,9,11,17H,4-5,8H2,1H3. The van der Waals surface area contributed by atoms with Gasteiger partial charge in [0.05, 0.1) is 25.3 Å². The predicted octanol–water partition coefficient (Wildman–Crippen LogP) is 1.61. The average Bonchev–Trinajstić information content (AvgIpc) is 2.38. The van der Waals surface area contributed by atoms with Gasteiger partial charge >= 0.3 is 0 Å². The quantitative estimate of drug-likeness (QED) is 0.866. The molecular formula is C13H15FN2O2. The molecule has 4 nitrogen and oxygen atoms in total. The second kappa shape index (κ2) is 5.34. The largest absolute Gasteiger partial charge is 0.389 e. The SMILES string of the molecule is CC(O)c1cc(F)ccc1N1CCOC(C#N)C1. The second-order valence-corrected chi connectivity index (χ2v) is 4.31. The number of rotatable bonds is 2. The summed E-state index contributed by atoms with van der Waals surface area (Å²) in [7, 11) is 0. The molecule has 0 saturated carbocycles. The molecule has 0 aromatic heterocycles. The zero-order chi connectivity index (χ0) is 13.1. The summed E-state index contributed by atoms with van der Waals surface area (Å²) in [6.07, 6.45) is -1.23. The molecule has 1 aromatic rings. The molecule has 1 saturated heterocycles. The van der Waals surface area contributed by atoms with Crippen LogP contribution in [0.15, 0.2) is 18.2 Å². The van der Waals surface area contributed by atoms with E-state index >= 15 is 0 Å². The van der Waals surface area contributed by atoms with E-state index in [1.165, 1.54) is 12.1 Å². The van der Waals surface area contributed by atoms with Crippen LogP contribution in [0.3, 0.4) is 0 Å². The molecule has 2 rings (SSSR count). The van der Waals surface area contributed by atoms with Crippen LogP contribution in [0.1, 0.15) is 18.6 Å². The number of ether oxygens (including phenoxy) is 1. The van der Waals surface area contributed by atoms with E-state index < -0.39 is 12.2 Å². The van der Waals surface area contributed by atoms with Gasteiger partial charge in [-0.1, -0.05) is 0 Å². The Bertz CT molecular complexity index is 471. The summed E-state index contributed by atoms with van der Waals surface area (Å²) in [6.45, 7) is 3.11. The van der Waals surface area contributed by atoms with Crippen molar-refractivity contribution in [1.29, 1.82) is 5.26 Å². The van der Waals surface area contributed by atoms with Gasteiger partial charge in [0, 0.05) is 17.8 Å². The van der Waals surface area contributed by atoms with Gasteiger partial charge in [0.2, 0.25) is 0 Å². The minimum absolute atomic E-state index is 0.375. The third kappa shape index (κ3) is 2.61. The summed E-state index contributed by atoms with van der Waals surface area (Å²) in [5.74, 6) is -0.375. The Morgan fingerprint density at radius 2 is 2.39 bits per heavy atom. The van der Waals surface area contributed by atoms with Gasteiger partial charge in [-0.2, -0.15) is 5.26 Å². The summed E-state index contributed by atoms with van der Waals surface area (Å²) in [6, 6.07) is 6.39. The van der Waals surface area contributed by atoms with Crippen LogP contribution in [0.25, 0.3) is 0 Å². The molecule has 1 aliphatic heterocycles. The van der Waals surface area contributed by atoms with E-state index in [0.717, 1.165) is 5.69 Å². The summed E-state index contributed by atoms with van der Waals surface area (Å²) in [4.78, 5) is 1.94. The molecule has 96 valence electrons. The molecular weight excluding hydrogens is 235 g/mol. The van der Waals surface area contributed by atoms with E-state index in [1.807, 2.05) is 4.90 Å². The van der Waals surface area contributed by atoms with E-state index in [1.54, 1.807) is 13.0 Å². The van der Waals surface area contributed by atoms with Crippen molar-refractivity contribution in [2.45, 2.75) is 19.1 Å². The Morgan fingerprint density at radius 3 is 3.06 bits per heavy atom. The topological polar surface area (TPSA) is 56.5 Å². The molecule has 0 amide bonds. The summed E-state index contributed by atoms with van der Waals surface area (Å²) >= 11 is 0. The first-order valence-electron chi connectivity index (χ1n) is 5.85. The molecule has 0 aliphatic carbocycles. The number of nitriles is 1. The van der Waals surface area contributed by atoms with Crippen molar-refractivity contribution in [3.05, 3.63) is 29.6 Å². The zero-order valence-electron chi connectivity index (χ0n) is 10.1. The van der Waals surface area contributed by atoms with Gasteiger partial charge < -0.3 is 14.7 Å². The second-order valence-electron chi connectivity index (χ2n) is 4.31. The fourth-order valence-electron chi connectivity index (χ4n) is 2.09. The molecule has 1 aliphatic rings. The van der Waals surface area contributed by atoms with Crippen molar-refractivity contribution in [3.8, 4) is 6.07 Å². The number of anilines is 1. The van der Waals surface area contributed by atoms with Crippen LogP contribution in [0.2, 0.25) is 0 Å². The highest BCUT2D eigenvalue weighted by Gasteiger charge is 2.23. The molecule has 1 N–H and O–H groups in total. The average molecular weight is 250 g/mol. The lowest BCUT2D eigenvalue weighted by Crippen LogP contribution is -2.42. The van der Waals surface area contributed by atoms with E-state index in [2.05, 4.69) is 6.07 Å². The maximum absolute atomic E-state index is 13.2. The maximum Gasteiger partial charge on any atom is 0.161 e. The molecule has 2 atom stereocenters. The zero-order valence-corrected chi connectivity index (χ0v) is 10.1. The normalized spacial score (nSPS) is 21.4. The van der Waals surface area contributed by atoms with Crippen LogP contribution in [0.5, 0.6) is 0 Å². The lowest BCUT2D eigenvalue weighted by Gasteiger charge is -2.33. The molecule has 18 heavy (non-hydrogen) atoms. The maximum atomic E-state index is 13.2. The lowest BCUT2D eigenvalue weighted by atomic mass is 10.1. The molecule has 5 heteroatoms. The third-order valence-electron chi connectivity index (χ3n) is 2.99. The smallest absolute Gasteiger partial charge is 0.161 e. The lowest BCUT2D eigenvalue weighted by molar-refractivity contribution is 0.0761. The van der Waals surface area contributed by atoms with Crippen molar-refractivity contribution in [2.75, 3.05) is 24.6 Å². The van der Waals surface area contributed by atoms with Gasteiger partial charge in [-0.3, -0.25) is 0 Å². The van der Waals surface area contributed by atoms with Crippen LogP contribution in [0, 0.1) is 17.1 Å². The molecule has 2 unspecified atom stereocenters. The number of aliphatic hydroxyl groups excluding tert-OH is 1. The minimum atomic E-state index is -0.751. The van der Waals surface area contributed by atoms with E-state index in [-0.39, 0.29) is 5.82 Å². The van der Waals surface area contributed by atoms with Crippen molar-refractivity contribution >= 4 is 5.69 Å². The van der Waals surface area contributed by atoms with Gasteiger partial charge in [0.25, 0.3) is 0 Å². The van der Waals surface area contributed by atoms with E-state index in [4.69, 9.17) is 10.00 Å².